The van der Waals surface area contributed by atoms with E-state index >= 15 is 0 Å². The van der Waals surface area contributed by atoms with Gasteiger partial charge in [-0.15, -0.1) is 0 Å². The summed E-state index contributed by atoms with van der Waals surface area (Å²) in [5.41, 5.74) is 1.42. The molecular weight excluding hydrogens is 332 g/mol. The van der Waals surface area contributed by atoms with Crippen LogP contribution in [0, 0.1) is 17.0 Å². The SMILES string of the molecule is C[C@@H](c1nc(-c2cc(F)cc(F)c2)nn1Cc1ccccc1)C(C)(C)C. The van der Waals surface area contributed by atoms with Crippen molar-refractivity contribution in [2.75, 3.05) is 0 Å². The first-order chi connectivity index (χ1) is 12.2. The molecular formula is C21H23F2N3. The van der Waals surface area contributed by atoms with E-state index in [1.54, 1.807) is 0 Å². The van der Waals surface area contributed by atoms with Gasteiger partial charge in [-0.2, -0.15) is 5.10 Å². The lowest BCUT2D eigenvalue weighted by Crippen LogP contribution is -2.20. The third-order valence-corrected chi connectivity index (χ3v) is 4.68. The summed E-state index contributed by atoms with van der Waals surface area (Å²) in [4.78, 5) is 4.64. The quantitative estimate of drug-likeness (QED) is 0.625. The van der Waals surface area contributed by atoms with Gasteiger partial charge in [0.25, 0.3) is 0 Å². The van der Waals surface area contributed by atoms with Gasteiger partial charge in [-0.1, -0.05) is 58.0 Å². The second-order valence-corrected chi connectivity index (χ2v) is 7.68. The number of rotatable bonds is 4. The fourth-order valence-electron chi connectivity index (χ4n) is 2.74. The van der Waals surface area contributed by atoms with E-state index in [4.69, 9.17) is 0 Å². The second kappa shape index (κ2) is 6.98. The Morgan fingerprint density at radius 2 is 1.62 bits per heavy atom. The van der Waals surface area contributed by atoms with Crippen LogP contribution >= 0.6 is 0 Å². The van der Waals surface area contributed by atoms with E-state index in [9.17, 15) is 8.78 Å². The maximum absolute atomic E-state index is 13.6. The summed E-state index contributed by atoms with van der Waals surface area (Å²) in [7, 11) is 0. The molecule has 0 saturated heterocycles. The molecule has 3 rings (SSSR count). The summed E-state index contributed by atoms with van der Waals surface area (Å²) in [6, 6.07) is 13.3. The molecule has 5 heteroatoms. The Labute approximate surface area is 152 Å². The smallest absolute Gasteiger partial charge is 0.181 e. The van der Waals surface area contributed by atoms with Crippen LogP contribution in [-0.2, 0) is 6.54 Å². The Morgan fingerprint density at radius 3 is 2.19 bits per heavy atom. The zero-order valence-electron chi connectivity index (χ0n) is 15.5. The van der Waals surface area contributed by atoms with Gasteiger partial charge in [0.15, 0.2) is 5.82 Å². The Balaban J connectivity index is 2.07. The largest absolute Gasteiger partial charge is 0.245 e. The van der Waals surface area contributed by atoms with E-state index in [0.717, 1.165) is 17.5 Å². The van der Waals surface area contributed by atoms with Gasteiger partial charge in [-0.25, -0.2) is 18.4 Å². The van der Waals surface area contributed by atoms with Crippen molar-refractivity contribution in [2.24, 2.45) is 5.41 Å². The topological polar surface area (TPSA) is 30.7 Å². The second-order valence-electron chi connectivity index (χ2n) is 7.68. The fourth-order valence-corrected chi connectivity index (χ4v) is 2.74. The molecule has 0 N–H and O–H groups in total. The highest BCUT2D eigenvalue weighted by molar-refractivity contribution is 5.54. The maximum Gasteiger partial charge on any atom is 0.181 e. The number of nitrogens with zero attached hydrogens (tertiary/aromatic N) is 3. The van der Waals surface area contributed by atoms with E-state index in [1.807, 2.05) is 35.0 Å². The van der Waals surface area contributed by atoms with Crippen LogP contribution in [0.25, 0.3) is 11.4 Å². The van der Waals surface area contributed by atoms with Gasteiger partial charge in [0.05, 0.1) is 6.54 Å². The molecule has 0 aliphatic carbocycles. The zero-order chi connectivity index (χ0) is 18.9. The molecule has 0 amide bonds. The first-order valence-corrected chi connectivity index (χ1v) is 8.69. The molecule has 136 valence electrons. The lowest BCUT2D eigenvalue weighted by molar-refractivity contribution is 0.318. The minimum atomic E-state index is -0.634. The van der Waals surface area contributed by atoms with Crippen molar-refractivity contribution < 1.29 is 8.78 Å². The van der Waals surface area contributed by atoms with Gasteiger partial charge in [0.1, 0.15) is 17.5 Å². The first-order valence-electron chi connectivity index (χ1n) is 8.69. The molecule has 1 aromatic heterocycles. The molecule has 0 unspecified atom stereocenters. The summed E-state index contributed by atoms with van der Waals surface area (Å²) in [6.45, 7) is 9.07. The molecule has 1 heterocycles. The van der Waals surface area contributed by atoms with Gasteiger partial charge in [-0.05, 0) is 23.1 Å². The lowest BCUT2D eigenvalue weighted by Gasteiger charge is -2.26. The average Bonchev–Trinajstić information content (AvgIpc) is 2.97. The Kier molecular flexibility index (Phi) is 4.90. The number of hydrogen-bond acceptors (Lipinski definition) is 2. The highest BCUT2D eigenvalue weighted by Crippen LogP contribution is 2.34. The van der Waals surface area contributed by atoms with E-state index in [2.05, 4.69) is 37.8 Å². The van der Waals surface area contributed by atoms with Crippen LogP contribution in [0.3, 0.4) is 0 Å². The highest BCUT2D eigenvalue weighted by Gasteiger charge is 2.27. The highest BCUT2D eigenvalue weighted by atomic mass is 19.1. The van der Waals surface area contributed by atoms with Crippen LogP contribution in [0.5, 0.6) is 0 Å². The molecule has 3 nitrogen and oxygen atoms in total. The standard InChI is InChI=1S/C21H23F2N3/c1-14(21(2,3)4)20-24-19(16-10-17(22)12-18(23)11-16)25-26(20)13-15-8-6-5-7-9-15/h5-12,14H,13H2,1-4H3/t14-/m0/s1. The van der Waals surface area contributed by atoms with Gasteiger partial charge in [0, 0.05) is 17.5 Å². The summed E-state index contributed by atoms with van der Waals surface area (Å²) in [5.74, 6) is -0.00743. The van der Waals surface area contributed by atoms with Crippen molar-refractivity contribution >= 4 is 0 Å². The van der Waals surface area contributed by atoms with Crippen LogP contribution in [0.1, 0.15) is 45.0 Å². The van der Waals surface area contributed by atoms with Crippen molar-refractivity contribution in [3.05, 3.63) is 71.6 Å². The molecule has 0 bridgehead atoms. The molecule has 1 atom stereocenters. The predicted molar refractivity (Wildman–Crippen MR) is 98.8 cm³/mol. The van der Waals surface area contributed by atoms with Crippen LogP contribution < -0.4 is 0 Å². The van der Waals surface area contributed by atoms with Crippen molar-refractivity contribution in [2.45, 2.75) is 40.2 Å². The molecule has 0 spiro atoms. The molecule has 0 fully saturated rings. The normalized spacial score (nSPS) is 13.0. The van der Waals surface area contributed by atoms with Gasteiger partial charge < -0.3 is 0 Å². The Morgan fingerprint density at radius 1 is 1.00 bits per heavy atom. The monoisotopic (exact) mass is 355 g/mol. The number of halogens is 2. The average molecular weight is 355 g/mol. The predicted octanol–water partition coefficient (Wildman–Crippen LogP) is 5.42. The number of benzene rings is 2. The van der Waals surface area contributed by atoms with Gasteiger partial charge in [0.2, 0.25) is 0 Å². The Hall–Kier alpha value is -2.56. The third-order valence-electron chi connectivity index (χ3n) is 4.68. The molecule has 0 saturated carbocycles. The van der Waals surface area contributed by atoms with Crippen LogP contribution in [0.4, 0.5) is 8.78 Å². The van der Waals surface area contributed by atoms with Crippen LogP contribution in [0.2, 0.25) is 0 Å². The van der Waals surface area contributed by atoms with E-state index in [-0.39, 0.29) is 11.3 Å². The molecule has 0 radical (unpaired) electrons. The summed E-state index contributed by atoms with van der Waals surface area (Å²) >= 11 is 0. The minimum Gasteiger partial charge on any atom is -0.245 e. The third kappa shape index (κ3) is 3.98. The van der Waals surface area contributed by atoms with Crippen molar-refractivity contribution in [3.63, 3.8) is 0 Å². The first kappa shape index (κ1) is 18.2. The number of hydrogen-bond donors (Lipinski definition) is 0. The molecule has 0 aliphatic heterocycles. The fraction of sp³-hybridized carbons (Fsp3) is 0.333. The van der Waals surface area contributed by atoms with Crippen LogP contribution in [-0.4, -0.2) is 14.8 Å². The maximum atomic E-state index is 13.6. The van der Waals surface area contributed by atoms with Crippen molar-refractivity contribution in [1.82, 2.24) is 14.8 Å². The molecule has 26 heavy (non-hydrogen) atoms. The summed E-state index contributed by atoms with van der Waals surface area (Å²) in [6.07, 6.45) is 0. The van der Waals surface area contributed by atoms with Gasteiger partial charge >= 0.3 is 0 Å². The summed E-state index contributed by atoms with van der Waals surface area (Å²) in [5, 5.41) is 4.56. The van der Waals surface area contributed by atoms with E-state index in [1.165, 1.54) is 12.1 Å². The van der Waals surface area contributed by atoms with Crippen LogP contribution in [0.15, 0.2) is 48.5 Å². The molecule has 0 aliphatic rings. The van der Waals surface area contributed by atoms with E-state index < -0.39 is 11.6 Å². The molecule has 3 aromatic rings. The lowest BCUT2D eigenvalue weighted by atomic mass is 9.81. The number of aromatic nitrogens is 3. The van der Waals surface area contributed by atoms with Crippen molar-refractivity contribution in [3.8, 4) is 11.4 Å². The zero-order valence-corrected chi connectivity index (χ0v) is 15.5. The minimum absolute atomic E-state index is 0.0219. The Bertz CT molecular complexity index is 875. The van der Waals surface area contributed by atoms with E-state index in [0.29, 0.717) is 17.9 Å². The molecule has 2 aromatic carbocycles. The van der Waals surface area contributed by atoms with Crippen molar-refractivity contribution in [1.29, 1.82) is 0 Å². The van der Waals surface area contributed by atoms with Gasteiger partial charge in [-0.3, -0.25) is 0 Å². The summed E-state index contributed by atoms with van der Waals surface area (Å²) < 4.78 is 29.1.